The molecule has 20 heavy (non-hydrogen) atoms. The van der Waals surface area contributed by atoms with E-state index in [4.69, 9.17) is 10.00 Å². The van der Waals surface area contributed by atoms with Gasteiger partial charge < -0.3 is 9.30 Å². The van der Waals surface area contributed by atoms with Gasteiger partial charge in [-0.25, -0.2) is 0 Å². The first-order valence-corrected chi connectivity index (χ1v) is 6.58. The van der Waals surface area contributed by atoms with E-state index in [1.807, 2.05) is 44.2 Å². The Labute approximate surface area is 117 Å². The maximum absolute atomic E-state index is 12.1. The third-order valence-corrected chi connectivity index (χ3v) is 3.05. The molecule has 4 heteroatoms. The standard InChI is InChI=1S/C16H16N2O2/c1-3-18-15(9-8-13(11-17)16(18)19)12-6-5-7-14(10-12)20-4-2/h5-10H,3-4H2,1-2H3. The molecular weight excluding hydrogens is 252 g/mol. The Balaban J connectivity index is 2.58. The summed E-state index contributed by atoms with van der Waals surface area (Å²) < 4.78 is 7.08. The Bertz CT molecular complexity index is 711. The Kier molecular flexibility index (Phi) is 4.21. The van der Waals surface area contributed by atoms with Crippen LogP contribution in [0, 0.1) is 11.3 Å². The van der Waals surface area contributed by atoms with E-state index in [1.54, 1.807) is 16.7 Å². The van der Waals surface area contributed by atoms with Crippen molar-refractivity contribution in [1.82, 2.24) is 4.57 Å². The van der Waals surface area contributed by atoms with Gasteiger partial charge in [-0.1, -0.05) is 12.1 Å². The molecule has 4 nitrogen and oxygen atoms in total. The minimum Gasteiger partial charge on any atom is -0.494 e. The lowest BCUT2D eigenvalue weighted by Gasteiger charge is -2.12. The Morgan fingerprint density at radius 3 is 2.70 bits per heavy atom. The van der Waals surface area contributed by atoms with Crippen LogP contribution in [-0.4, -0.2) is 11.2 Å². The van der Waals surface area contributed by atoms with Crippen LogP contribution in [0.15, 0.2) is 41.2 Å². The van der Waals surface area contributed by atoms with Crippen LogP contribution in [0.3, 0.4) is 0 Å². The fraction of sp³-hybridized carbons (Fsp3) is 0.250. The second-order valence-corrected chi connectivity index (χ2v) is 4.25. The van der Waals surface area contributed by atoms with E-state index in [0.29, 0.717) is 13.2 Å². The number of ether oxygens (including phenoxy) is 1. The van der Waals surface area contributed by atoms with Crippen LogP contribution < -0.4 is 10.3 Å². The Morgan fingerprint density at radius 1 is 1.25 bits per heavy atom. The first-order valence-electron chi connectivity index (χ1n) is 6.58. The fourth-order valence-corrected chi connectivity index (χ4v) is 2.14. The van der Waals surface area contributed by atoms with E-state index in [-0.39, 0.29) is 11.1 Å². The molecule has 0 spiro atoms. The zero-order valence-electron chi connectivity index (χ0n) is 11.6. The van der Waals surface area contributed by atoms with Crippen LogP contribution in [0.1, 0.15) is 19.4 Å². The summed E-state index contributed by atoms with van der Waals surface area (Å²) in [6.45, 7) is 4.93. The van der Waals surface area contributed by atoms with E-state index in [1.165, 1.54) is 0 Å². The molecule has 2 rings (SSSR count). The predicted molar refractivity (Wildman–Crippen MR) is 77.7 cm³/mol. The highest BCUT2D eigenvalue weighted by Gasteiger charge is 2.09. The van der Waals surface area contributed by atoms with Crippen molar-refractivity contribution in [1.29, 1.82) is 5.26 Å². The minimum atomic E-state index is -0.255. The van der Waals surface area contributed by atoms with Gasteiger partial charge in [-0.05, 0) is 38.1 Å². The van der Waals surface area contributed by atoms with Crippen molar-refractivity contribution in [2.45, 2.75) is 20.4 Å². The monoisotopic (exact) mass is 268 g/mol. The molecule has 0 bridgehead atoms. The zero-order valence-corrected chi connectivity index (χ0v) is 11.6. The second kappa shape index (κ2) is 6.07. The summed E-state index contributed by atoms with van der Waals surface area (Å²) in [6.07, 6.45) is 0. The SMILES string of the molecule is CCOc1cccc(-c2ccc(C#N)c(=O)n2CC)c1. The Hall–Kier alpha value is -2.54. The third-order valence-electron chi connectivity index (χ3n) is 3.05. The number of rotatable bonds is 4. The van der Waals surface area contributed by atoms with Crippen LogP contribution in [0.5, 0.6) is 5.75 Å². The van der Waals surface area contributed by atoms with Gasteiger partial charge >= 0.3 is 0 Å². The van der Waals surface area contributed by atoms with Crippen molar-refractivity contribution in [3.8, 4) is 23.1 Å². The van der Waals surface area contributed by atoms with Crippen molar-refractivity contribution >= 4 is 0 Å². The quantitative estimate of drug-likeness (QED) is 0.856. The molecule has 0 aliphatic carbocycles. The van der Waals surface area contributed by atoms with Gasteiger partial charge in [-0.3, -0.25) is 4.79 Å². The van der Waals surface area contributed by atoms with E-state index >= 15 is 0 Å². The number of aromatic nitrogens is 1. The maximum atomic E-state index is 12.1. The van der Waals surface area contributed by atoms with Gasteiger partial charge in [0, 0.05) is 12.1 Å². The number of hydrogen-bond acceptors (Lipinski definition) is 3. The molecule has 2 aromatic rings. The normalized spacial score (nSPS) is 10.1. The lowest BCUT2D eigenvalue weighted by molar-refractivity contribution is 0.340. The molecule has 0 unspecified atom stereocenters. The summed E-state index contributed by atoms with van der Waals surface area (Å²) in [5, 5.41) is 8.93. The van der Waals surface area contributed by atoms with Crippen molar-refractivity contribution in [3.63, 3.8) is 0 Å². The molecule has 0 radical (unpaired) electrons. The van der Waals surface area contributed by atoms with Crippen molar-refractivity contribution in [3.05, 3.63) is 52.3 Å². The average molecular weight is 268 g/mol. The average Bonchev–Trinajstić information content (AvgIpc) is 2.47. The summed E-state index contributed by atoms with van der Waals surface area (Å²) in [5.41, 5.74) is 1.60. The molecule has 1 aromatic heterocycles. The molecule has 0 saturated carbocycles. The summed E-state index contributed by atoms with van der Waals surface area (Å²) in [6, 6.07) is 12.9. The number of nitriles is 1. The summed E-state index contributed by atoms with van der Waals surface area (Å²) >= 11 is 0. The topological polar surface area (TPSA) is 55.0 Å². The predicted octanol–water partition coefficient (Wildman–Crippen LogP) is 2.81. The molecule has 0 aliphatic rings. The molecule has 0 aliphatic heterocycles. The number of hydrogen-bond donors (Lipinski definition) is 0. The third kappa shape index (κ3) is 2.57. The molecule has 0 amide bonds. The van der Waals surface area contributed by atoms with Gasteiger partial charge in [0.15, 0.2) is 0 Å². The maximum Gasteiger partial charge on any atom is 0.268 e. The molecule has 1 heterocycles. The van der Waals surface area contributed by atoms with Gasteiger partial charge in [0.2, 0.25) is 0 Å². The molecule has 0 fully saturated rings. The van der Waals surface area contributed by atoms with Crippen LogP contribution in [0.2, 0.25) is 0 Å². The van der Waals surface area contributed by atoms with Gasteiger partial charge in [0.05, 0.1) is 12.3 Å². The summed E-state index contributed by atoms with van der Waals surface area (Å²) in [5.74, 6) is 0.768. The van der Waals surface area contributed by atoms with Crippen LogP contribution >= 0.6 is 0 Å². The van der Waals surface area contributed by atoms with Crippen molar-refractivity contribution in [2.24, 2.45) is 0 Å². The first kappa shape index (κ1) is 13.9. The van der Waals surface area contributed by atoms with Gasteiger partial charge in [-0.2, -0.15) is 5.26 Å². The van der Waals surface area contributed by atoms with Crippen molar-refractivity contribution < 1.29 is 4.74 Å². The van der Waals surface area contributed by atoms with E-state index in [0.717, 1.165) is 17.0 Å². The van der Waals surface area contributed by atoms with Crippen LogP contribution in [0.4, 0.5) is 0 Å². The highest BCUT2D eigenvalue weighted by molar-refractivity contribution is 5.62. The fourth-order valence-electron chi connectivity index (χ4n) is 2.14. The van der Waals surface area contributed by atoms with E-state index < -0.39 is 0 Å². The van der Waals surface area contributed by atoms with Crippen LogP contribution in [0.25, 0.3) is 11.3 Å². The first-order chi connectivity index (χ1) is 9.71. The number of benzene rings is 1. The molecular formula is C16H16N2O2. The van der Waals surface area contributed by atoms with Crippen molar-refractivity contribution in [2.75, 3.05) is 6.61 Å². The summed E-state index contributed by atoms with van der Waals surface area (Å²) in [4.78, 5) is 12.1. The van der Waals surface area contributed by atoms with Gasteiger partial charge in [0.25, 0.3) is 5.56 Å². The highest BCUT2D eigenvalue weighted by atomic mass is 16.5. The minimum absolute atomic E-state index is 0.163. The Morgan fingerprint density at radius 2 is 2.05 bits per heavy atom. The zero-order chi connectivity index (χ0) is 14.5. The van der Waals surface area contributed by atoms with Gasteiger partial charge in [-0.15, -0.1) is 0 Å². The molecule has 1 aromatic carbocycles. The van der Waals surface area contributed by atoms with Crippen LogP contribution in [-0.2, 0) is 6.54 Å². The molecule has 102 valence electrons. The molecule has 0 N–H and O–H groups in total. The van der Waals surface area contributed by atoms with E-state index in [9.17, 15) is 4.79 Å². The smallest absolute Gasteiger partial charge is 0.268 e. The van der Waals surface area contributed by atoms with E-state index in [2.05, 4.69) is 0 Å². The number of nitrogens with zero attached hydrogens (tertiary/aromatic N) is 2. The lowest BCUT2D eigenvalue weighted by Crippen LogP contribution is -2.23. The molecule has 0 atom stereocenters. The van der Waals surface area contributed by atoms with Gasteiger partial charge in [0.1, 0.15) is 17.4 Å². The largest absolute Gasteiger partial charge is 0.494 e. The highest BCUT2D eigenvalue weighted by Crippen LogP contribution is 2.23. The number of pyridine rings is 1. The summed E-state index contributed by atoms with van der Waals surface area (Å²) in [7, 11) is 0. The second-order valence-electron chi connectivity index (χ2n) is 4.25. The molecule has 0 saturated heterocycles. The lowest BCUT2D eigenvalue weighted by atomic mass is 10.1.